The lowest BCUT2D eigenvalue weighted by Gasteiger charge is -2.14. The highest BCUT2D eigenvalue weighted by Crippen LogP contribution is 2.31. The van der Waals surface area contributed by atoms with Crippen molar-refractivity contribution in [2.24, 2.45) is 0 Å². The molecule has 18 heavy (non-hydrogen) atoms. The molecule has 0 fully saturated rings. The van der Waals surface area contributed by atoms with Crippen LogP contribution >= 0.6 is 0 Å². The SMILES string of the molecule is CCC(=O)CN1C(=O)C(=O)c2c(F)cc(F)cc21. The van der Waals surface area contributed by atoms with Crippen molar-refractivity contribution >= 4 is 23.2 Å². The minimum Gasteiger partial charge on any atom is -0.298 e. The maximum atomic E-state index is 13.4. The summed E-state index contributed by atoms with van der Waals surface area (Å²) in [4.78, 5) is 35.3. The maximum Gasteiger partial charge on any atom is 0.300 e. The average molecular weight is 253 g/mol. The minimum atomic E-state index is -1.09. The van der Waals surface area contributed by atoms with Crippen molar-refractivity contribution in [2.75, 3.05) is 11.4 Å². The number of anilines is 1. The van der Waals surface area contributed by atoms with Crippen molar-refractivity contribution in [2.45, 2.75) is 13.3 Å². The molecule has 1 aromatic rings. The van der Waals surface area contributed by atoms with Crippen LogP contribution in [0, 0.1) is 11.6 Å². The van der Waals surface area contributed by atoms with E-state index in [0.717, 1.165) is 11.0 Å². The summed E-state index contributed by atoms with van der Waals surface area (Å²) >= 11 is 0. The van der Waals surface area contributed by atoms with Crippen LogP contribution in [0.2, 0.25) is 0 Å². The zero-order valence-electron chi connectivity index (χ0n) is 9.50. The van der Waals surface area contributed by atoms with E-state index < -0.39 is 28.9 Å². The van der Waals surface area contributed by atoms with Crippen LogP contribution in [0.3, 0.4) is 0 Å². The van der Waals surface area contributed by atoms with Gasteiger partial charge in [-0.05, 0) is 6.07 Å². The van der Waals surface area contributed by atoms with E-state index in [1.807, 2.05) is 0 Å². The fraction of sp³-hybridized carbons (Fsp3) is 0.250. The van der Waals surface area contributed by atoms with Gasteiger partial charge in [-0.2, -0.15) is 0 Å². The second kappa shape index (κ2) is 4.29. The highest BCUT2D eigenvalue weighted by Gasteiger charge is 2.39. The number of hydrogen-bond acceptors (Lipinski definition) is 3. The van der Waals surface area contributed by atoms with E-state index in [0.29, 0.717) is 6.07 Å². The van der Waals surface area contributed by atoms with Crippen molar-refractivity contribution < 1.29 is 23.2 Å². The van der Waals surface area contributed by atoms with Gasteiger partial charge in [0.1, 0.15) is 11.6 Å². The Bertz CT molecular complexity index is 569. The van der Waals surface area contributed by atoms with E-state index in [1.54, 1.807) is 6.92 Å². The third kappa shape index (κ3) is 1.79. The van der Waals surface area contributed by atoms with Gasteiger partial charge in [0.25, 0.3) is 11.7 Å². The second-order valence-corrected chi connectivity index (χ2v) is 3.89. The largest absolute Gasteiger partial charge is 0.300 e. The van der Waals surface area contributed by atoms with E-state index in [4.69, 9.17) is 0 Å². The molecule has 0 radical (unpaired) electrons. The number of fused-ring (bicyclic) bond motifs is 1. The van der Waals surface area contributed by atoms with Gasteiger partial charge in [0, 0.05) is 12.5 Å². The van der Waals surface area contributed by atoms with Crippen molar-refractivity contribution in [3.05, 3.63) is 29.3 Å². The lowest BCUT2D eigenvalue weighted by atomic mass is 10.1. The number of ketones is 2. The van der Waals surface area contributed by atoms with Gasteiger partial charge in [-0.1, -0.05) is 6.92 Å². The number of nitrogens with zero attached hydrogens (tertiary/aromatic N) is 1. The summed E-state index contributed by atoms with van der Waals surface area (Å²) in [6.07, 6.45) is 0.172. The van der Waals surface area contributed by atoms with Crippen molar-refractivity contribution in [1.29, 1.82) is 0 Å². The first-order valence-electron chi connectivity index (χ1n) is 5.32. The van der Waals surface area contributed by atoms with Gasteiger partial charge < -0.3 is 0 Å². The molecule has 0 aromatic heterocycles. The van der Waals surface area contributed by atoms with Gasteiger partial charge in [0.05, 0.1) is 17.8 Å². The van der Waals surface area contributed by atoms with Gasteiger partial charge in [-0.15, -0.1) is 0 Å². The fourth-order valence-electron chi connectivity index (χ4n) is 1.78. The van der Waals surface area contributed by atoms with Crippen LogP contribution in [-0.2, 0) is 9.59 Å². The molecule has 1 heterocycles. The first-order chi connectivity index (χ1) is 8.45. The summed E-state index contributed by atoms with van der Waals surface area (Å²) in [6, 6.07) is 1.42. The van der Waals surface area contributed by atoms with Crippen LogP contribution in [-0.4, -0.2) is 24.0 Å². The Morgan fingerprint density at radius 3 is 2.56 bits per heavy atom. The summed E-state index contributed by atoms with van der Waals surface area (Å²) < 4.78 is 26.5. The summed E-state index contributed by atoms with van der Waals surface area (Å²) in [6.45, 7) is 1.24. The Morgan fingerprint density at radius 2 is 1.94 bits per heavy atom. The van der Waals surface area contributed by atoms with Crippen LogP contribution < -0.4 is 4.90 Å². The van der Waals surface area contributed by atoms with Crippen LogP contribution in [0.15, 0.2) is 12.1 Å². The number of carbonyl (C=O) groups is 3. The smallest absolute Gasteiger partial charge is 0.298 e. The van der Waals surface area contributed by atoms with Gasteiger partial charge in [-0.3, -0.25) is 19.3 Å². The zero-order valence-corrected chi connectivity index (χ0v) is 9.50. The first kappa shape index (κ1) is 12.3. The number of hydrogen-bond donors (Lipinski definition) is 0. The number of Topliss-reactive ketones (excluding diaryl/α,β-unsaturated/α-hetero) is 2. The molecule has 0 aliphatic carbocycles. The molecule has 1 aliphatic heterocycles. The fourth-order valence-corrected chi connectivity index (χ4v) is 1.78. The Hall–Kier alpha value is -2.11. The summed E-state index contributed by atoms with van der Waals surface area (Å²) in [7, 11) is 0. The molecule has 0 N–H and O–H groups in total. The summed E-state index contributed by atoms with van der Waals surface area (Å²) in [5.74, 6) is -4.34. The van der Waals surface area contributed by atoms with E-state index in [-0.39, 0.29) is 24.4 Å². The standard InChI is InChI=1S/C12H9F2NO3/c1-2-7(16)5-15-9-4-6(13)3-8(14)10(9)11(17)12(15)18/h3-4H,2,5H2,1H3. The average Bonchev–Trinajstić information content (AvgIpc) is 2.54. The van der Waals surface area contributed by atoms with Crippen LogP contribution in [0.1, 0.15) is 23.7 Å². The van der Waals surface area contributed by atoms with Gasteiger partial charge >= 0.3 is 0 Å². The number of halogens is 2. The molecule has 0 saturated carbocycles. The lowest BCUT2D eigenvalue weighted by molar-refractivity contribution is -0.120. The van der Waals surface area contributed by atoms with Gasteiger partial charge in [-0.25, -0.2) is 8.78 Å². The molecule has 1 amide bonds. The lowest BCUT2D eigenvalue weighted by Crippen LogP contribution is -2.34. The maximum absolute atomic E-state index is 13.4. The predicted octanol–water partition coefficient (Wildman–Crippen LogP) is 1.47. The zero-order chi connectivity index (χ0) is 13.4. The Balaban J connectivity index is 2.51. The molecule has 0 unspecified atom stereocenters. The highest BCUT2D eigenvalue weighted by atomic mass is 19.1. The van der Waals surface area contributed by atoms with E-state index in [9.17, 15) is 23.2 Å². The predicted molar refractivity (Wildman–Crippen MR) is 58.3 cm³/mol. The van der Waals surface area contributed by atoms with Crippen molar-refractivity contribution in [3.8, 4) is 0 Å². The quantitative estimate of drug-likeness (QED) is 0.766. The number of rotatable bonds is 3. The molecule has 94 valence electrons. The van der Waals surface area contributed by atoms with Crippen molar-refractivity contribution in [3.63, 3.8) is 0 Å². The molecule has 2 rings (SSSR count). The highest BCUT2D eigenvalue weighted by molar-refractivity contribution is 6.52. The number of carbonyl (C=O) groups excluding carboxylic acids is 3. The summed E-state index contributed by atoms with van der Waals surface area (Å²) in [5.41, 5.74) is -0.644. The first-order valence-corrected chi connectivity index (χ1v) is 5.32. The molecule has 1 aromatic carbocycles. The molecule has 0 saturated heterocycles. The van der Waals surface area contributed by atoms with Crippen LogP contribution in [0.4, 0.5) is 14.5 Å². The third-order valence-electron chi connectivity index (χ3n) is 2.72. The molecule has 0 spiro atoms. The Morgan fingerprint density at radius 1 is 1.28 bits per heavy atom. The monoisotopic (exact) mass is 253 g/mol. The third-order valence-corrected chi connectivity index (χ3v) is 2.72. The molecule has 0 bridgehead atoms. The second-order valence-electron chi connectivity index (χ2n) is 3.89. The van der Waals surface area contributed by atoms with Crippen LogP contribution in [0.5, 0.6) is 0 Å². The molecule has 0 atom stereocenters. The number of benzene rings is 1. The van der Waals surface area contributed by atoms with E-state index in [2.05, 4.69) is 0 Å². The normalized spacial score (nSPS) is 14.1. The van der Waals surface area contributed by atoms with E-state index >= 15 is 0 Å². The molecule has 4 nitrogen and oxygen atoms in total. The molecular weight excluding hydrogens is 244 g/mol. The van der Waals surface area contributed by atoms with Gasteiger partial charge in [0.2, 0.25) is 0 Å². The van der Waals surface area contributed by atoms with E-state index in [1.165, 1.54) is 0 Å². The molecule has 6 heteroatoms. The Kier molecular flexibility index (Phi) is 2.94. The van der Waals surface area contributed by atoms with Crippen molar-refractivity contribution in [1.82, 2.24) is 0 Å². The topological polar surface area (TPSA) is 54.5 Å². The Labute approximate surface area is 101 Å². The molecular formula is C12H9F2NO3. The van der Waals surface area contributed by atoms with Crippen LogP contribution in [0.25, 0.3) is 0 Å². The number of amides is 1. The molecule has 1 aliphatic rings. The van der Waals surface area contributed by atoms with Gasteiger partial charge in [0.15, 0.2) is 5.78 Å². The summed E-state index contributed by atoms with van der Waals surface area (Å²) in [5, 5.41) is 0. The minimum absolute atomic E-state index is 0.172.